The summed E-state index contributed by atoms with van der Waals surface area (Å²) in [6, 6.07) is 6.41. The van der Waals surface area contributed by atoms with Gasteiger partial charge in [0, 0.05) is 23.7 Å². The number of nitrogens with one attached hydrogen (secondary N) is 1. The Kier molecular flexibility index (Phi) is 19.2. The van der Waals surface area contributed by atoms with Gasteiger partial charge in [-0.3, -0.25) is 14.3 Å². The van der Waals surface area contributed by atoms with Gasteiger partial charge in [0.1, 0.15) is 18.1 Å². The summed E-state index contributed by atoms with van der Waals surface area (Å²) in [5.74, 6) is 1.23. The molecule has 1 aromatic heterocycles. The van der Waals surface area contributed by atoms with E-state index in [1.807, 2.05) is 32.9 Å². The molecule has 10 heteroatoms. The Morgan fingerprint density at radius 3 is 1.98 bits per heavy atom. The van der Waals surface area contributed by atoms with Crippen LogP contribution in [-0.4, -0.2) is 50.7 Å². The van der Waals surface area contributed by atoms with Gasteiger partial charge in [-0.2, -0.15) is 0 Å². The lowest BCUT2D eigenvalue weighted by Crippen LogP contribution is -2.46. The highest BCUT2D eigenvalue weighted by molar-refractivity contribution is 7.51. The predicted molar refractivity (Wildman–Crippen MR) is 185 cm³/mol. The standard InChI is InChI=1S/C36H59N2O7P/c1-5-7-8-9-10-11-12-13-14-15-16-17-18-19-35(40)38-32(34(39)27-46(41,42)43)24-30-20-22-31(23-21-30)45-26-33-29(4)36(44-6-2)28(3)25-37-33/h20-23,25,32,34,39H,5-19,24,26-27H2,1-4H3,(H,38,40)(H2,41,42,43)/t32-,34-/m0/s1. The first-order valence-electron chi connectivity index (χ1n) is 17.4. The number of benzene rings is 1. The number of rotatable bonds is 25. The number of hydrogen-bond acceptors (Lipinski definition) is 6. The molecule has 9 nitrogen and oxygen atoms in total. The Hall–Kier alpha value is -2.45. The Bertz CT molecular complexity index is 1190. The molecule has 1 aromatic carbocycles. The summed E-state index contributed by atoms with van der Waals surface area (Å²) in [6.07, 6.45) is 16.1. The number of carbonyl (C=O) groups excluding carboxylic acids is 1. The van der Waals surface area contributed by atoms with E-state index in [2.05, 4.69) is 17.2 Å². The van der Waals surface area contributed by atoms with Crippen LogP contribution in [0.25, 0.3) is 0 Å². The van der Waals surface area contributed by atoms with Crippen molar-refractivity contribution in [3.8, 4) is 11.5 Å². The smallest absolute Gasteiger partial charge is 0.328 e. The van der Waals surface area contributed by atoms with E-state index in [0.717, 1.165) is 47.4 Å². The Morgan fingerprint density at radius 1 is 0.870 bits per heavy atom. The molecular formula is C36H59N2O7P. The third-order valence-corrected chi connectivity index (χ3v) is 9.18. The number of pyridine rings is 1. The number of unbranched alkanes of at least 4 members (excludes halogenated alkanes) is 12. The lowest BCUT2D eigenvalue weighted by molar-refractivity contribution is -0.122. The maximum absolute atomic E-state index is 12.8. The number of aryl methyl sites for hydroxylation is 1. The summed E-state index contributed by atoms with van der Waals surface area (Å²) in [5, 5.41) is 13.5. The van der Waals surface area contributed by atoms with Crippen LogP contribution in [0.1, 0.15) is 126 Å². The average molecular weight is 663 g/mol. The molecule has 1 amide bonds. The van der Waals surface area contributed by atoms with Crippen LogP contribution in [0.15, 0.2) is 30.5 Å². The SMILES string of the molecule is CCCCCCCCCCCCCCCC(=O)N[C@@H](Cc1ccc(OCc2ncc(C)c(OCC)c2C)cc1)[C@@H](O)CP(=O)(O)O. The van der Waals surface area contributed by atoms with E-state index in [4.69, 9.17) is 9.47 Å². The number of aliphatic hydroxyl groups excluding tert-OH is 1. The van der Waals surface area contributed by atoms with Gasteiger partial charge in [-0.05, 0) is 51.3 Å². The van der Waals surface area contributed by atoms with Crippen molar-refractivity contribution < 1.29 is 33.7 Å². The van der Waals surface area contributed by atoms with E-state index >= 15 is 0 Å². The van der Waals surface area contributed by atoms with Gasteiger partial charge < -0.3 is 29.7 Å². The van der Waals surface area contributed by atoms with Crippen LogP contribution in [0.3, 0.4) is 0 Å². The first kappa shape index (κ1) is 39.7. The highest BCUT2D eigenvalue weighted by Gasteiger charge is 2.28. The number of aliphatic hydroxyl groups is 1. The molecule has 46 heavy (non-hydrogen) atoms. The minimum absolute atomic E-state index is 0.217. The van der Waals surface area contributed by atoms with E-state index < -0.39 is 25.9 Å². The van der Waals surface area contributed by atoms with E-state index in [0.29, 0.717) is 18.8 Å². The maximum atomic E-state index is 12.8. The summed E-state index contributed by atoms with van der Waals surface area (Å²) in [5.41, 5.74) is 3.49. The van der Waals surface area contributed by atoms with E-state index in [1.165, 1.54) is 64.2 Å². The third-order valence-electron chi connectivity index (χ3n) is 8.33. The second-order valence-corrected chi connectivity index (χ2v) is 14.2. The number of ether oxygens (including phenoxy) is 2. The van der Waals surface area contributed by atoms with Crippen molar-refractivity contribution in [3.05, 3.63) is 52.8 Å². The van der Waals surface area contributed by atoms with Gasteiger partial charge in [-0.15, -0.1) is 0 Å². The monoisotopic (exact) mass is 662 g/mol. The number of nitrogens with zero attached hydrogens (tertiary/aromatic N) is 1. The second-order valence-electron chi connectivity index (χ2n) is 12.5. The fourth-order valence-corrected chi connectivity index (χ4v) is 6.37. The topological polar surface area (TPSA) is 138 Å². The number of hydrogen-bond donors (Lipinski definition) is 4. The molecule has 1 heterocycles. The van der Waals surface area contributed by atoms with Crippen LogP contribution in [0.2, 0.25) is 0 Å². The molecular weight excluding hydrogens is 603 g/mol. The molecule has 0 fully saturated rings. The molecule has 0 radical (unpaired) electrons. The molecule has 0 saturated heterocycles. The van der Waals surface area contributed by atoms with Gasteiger partial charge in [0.2, 0.25) is 5.91 Å². The zero-order valence-electron chi connectivity index (χ0n) is 28.6. The fraction of sp³-hybridized carbons (Fsp3) is 0.667. The van der Waals surface area contributed by atoms with Crippen molar-refractivity contribution in [1.29, 1.82) is 0 Å². The highest BCUT2D eigenvalue weighted by Crippen LogP contribution is 2.36. The number of aromatic nitrogens is 1. The van der Waals surface area contributed by atoms with Gasteiger partial charge >= 0.3 is 7.60 Å². The zero-order valence-corrected chi connectivity index (χ0v) is 29.5. The quantitative estimate of drug-likeness (QED) is 0.0626. The molecule has 2 rings (SSSR count). The van der Waals surface area contributed by atoms with Crippen LogP contribution < -0.4 is 14.8 Å². The summed E-state index contributed by atoms with van der Waals surface area (Å²) >= 11 is 0. The maximum Gasteiger partial charge on any atom is 0.328 e. The van der Waals surface area contributed by atoms with Gasteiger partial charge in [-0.1, -0.05) is 96.1 Å². The second kappa shape index (κ2) is 22.2. The summed E-state index contributed by atoms with van der Waals surface area (Å²) < 4.78 is 23.3. The zero-order chi connectivity index (χ0) is 33.8. The van der Waals surface area contributed by atoms with Crippen molar-refractivity contribution in [3.63, 3.8) is 0 Å². The van der Waals surface area contributed by atoms with E-state index in [-0.39, 0.29) is 18.9 Å². The van der Waals surface area contributed by atoms with E-state index in [9.17, 15) is 24.3 Å². The van der Waals surface area contributed by atoms with Gasteiger partial charge in [0.15, 0.2) is 0 Å². The predicted octanol–water partition coefficient (Wildman–Crippen LogP) is 7.72. The lowest BCUT2D eigenvalue weighted by atomic mass is 10.0. The fourth-order valence-electron chi connectivity index (χ4n) is 5.63. The van der Waals surface area contributed by atoms with Crippen LogP contribution in [0, 0.1) is 13.8 Å². The Labute approximate surface area is 277 Å². The van der Waals surface area contributed by atoms with E-state index in [1.54, 1.807) is 18.3 Å². The molecule has 2 atom stereocenters. The van der Waals surface area contributed by atoms with Crippen LogP contribution in [-0.2, 0) is 22.4 Å². The molecule has 260 valence electrons. The number of carbonyl (C=O) groups is 1. The summed E-state index contributed by atoms with van der Waals surface area (Å²) in [6.45, 7) is 8.94. The normalized spacial score (nSPS) is 12.9. The summed E-state index contributed by atoms with van der Waals surface area (Å²) in [7, 11) is -4.47. The summed E-state index contributed by atoms with van der Waals surface area (Å²) in [4.78, 5) is 36.1. The molecule has 0 bridgehead atoms. The molecule has 0 aliphatic heterocycles. The molecule has 4 N–H and O–H groups in total. The van der Waals surface area contributed by atoms with Crippen molar-refractivity contribution in [2.24, 2.45) is 0 Å². The Balaban J connectivity index is 1.81. The van der Waals surface area contributed by atoms with Crippen molar-refractivity contribution in [2.45, 2.75) is 143 Å². The van der Waals surface area contributed by atoms with Crippen LogP contribution in [0.4, 0.5) is 0 Å². The minimum Gasteiger partial charge on any atom is -0.493 e. The largest absolute Gasteiger partial charge is 0.493 e. The van der Waals surface area contributed by atoms with Gasteiger partial charge in [-0.25, -0.2) is 0 Å². The first-order valence-corrected chi connectivity index (χ1v) is 19.1. The number of amides is 1. The molecule has 0 aliphatic rings. The molecule has 0 unspecified atom stereocenters. The van der Waals surface area contributed by atoms with Crippen molar-refractivity contribution in [2.75, 3.05) is 12.8 Å². The van der Waals surface area contributed by atoms with Gasteiger partial charge in [0.05, 0.1) is 30.6 Å². The highest BCUT2D eigenvalue weighted by atomic mass is 31.2. The average Bonchev–Trinajstić information content (AvgIpc) is 3.00. The van der Waals surface area contributed by atoms with Crippen LogP contribution >= 0.6 is 7.60 Å². The molecule has 0 aliphatic carbocycles. The molecule has 0 saturated carbocycles. The van der Waals surface area contributed by atoms with Crippen molar-refractivity contribution in [1.82, 2.24) is 10.3 Å². The minimum atomic E-state index is -4.47. The lowest BCUT2D eigenvalue weighted by Gasteiger charge is -2.25. The van der Waals surface area contributed by atoms with Gasteiger partial charge in [0.25, 0.3) is 0 Å². The third kappa shape index (κ3) is 16.4. The Morgan fingerprint density at radius 2 is 1.43 bits per heavy atom. The van der Waals surface area contributed by atoms with Crippen molar-refractivity contribution >= 4 is 13.5 Å². The first-order chi connectivity index (χ1) is 22.0. The van der Waals surface area contributed by atoms with Crippen LogP contribution in [0.5, 0.6) is 11.5 Å². The molecule has 0 spiro atoms. The molecule has 2 aromatic rings.